The van der Waals surface area contributed by atoms with Crippen LogP contribution in [0.15, 0.2) is 27.6 Å². The minimum absolute atomic E-state index is 0.132. The molecule has 1 saturated heterocycles. The SMILES string of the molecule is CCCCc1noc(C(C)N2CCN(S(=O)(=O)c3ccc(Cl)c(C(F)(F)F)c3)CC2)n1. The van der Waals surface area contributed by atoms with E-state index in [2.05, 4.69) is 17.1 Å². The largest absolute Gasteiger partial charge is 0.417 e. The number of unbranched alkanes of at least 4 members (excludes halogenated alkanes) is 1. The maximum absolute atomic E-state index is 13.1. The normalized spacial score (nSPS) is 17.7. The summed E-state index contributed by atoms with van der Waals surface area (Å²) in [6.07, 6.45) is -2.02. The van der Waals surface area contributed by atoms with Gasteiger partial charge in [-0.3, -0.25) is 4.90 Å². The Hall–Kier alpha value is -1.69. The lowest BCUT2D eigenvalue weighted by atomic mass is 10.2. The summed E-state index contributed by atoms with van der Waals surface area (Å²) in [5.41, 5.74) is -1.17. The molecule has 1 aliphatic heterocycles. The number of sulfonamides is 1. The first-order valence-electron chi connectivity index (χ1n) is 9.97. The molecule has 172 valence electrons. The van der Waals surface area contributed by atoms with Gasteiger partial charge in [0.1, 0.15) is 0 Å². The summed E-state index contributed by atoms with van der Waals surface area (Å²) in [6.45, 7) is 5.00. The minimum Gasteiger partial charge on any atom is -0.338 e. The molecule has 2 aromatic rings. The Kier molecular flexibility index (Phi) is 7.29. The Morgan fingerprint density at radius 1 is 1.23 bits per heavy atom. The van der Waals surface area contributed by atoms with Crippen molar-refractivity contribution in [3.05, 3.63) is 40.5 Å². The second-order valence-corrected chi connectivity index (χ2v) is 9.75. The number of halogens is 4. The van der Waals surface area contributed by atoms with Crippen molar-refractivity contribution in [1.82, 2.24) is 19.3 Å². The van der Waals surface area contributed by atoms with E-state index in [4.69, 9.17) is 16.1 Å². The van der Waals surface area contributed by atoms with Crippen molar-refractivity contribution in [2.45, 2.75) is 50.2 Å². The number of hydrogen-bond acceptors (Lipinski definition) is 6. The highest BCUT2D eigenvalue weighted by Gasteiger charge is 2.36. The van der Waals surface area contributed by atoms with E-state index in [1.54, 1.807) is 0 Å². The molecule has 2 heterocycles. The zero-order chi connectivity index (χ0) is 22.8. The maximum atomic E-state index is 13.1. The quantitative estimate of drug-likeness (QED) is 0.592. The molecular formula is C19H24ClF3N4O3S. The molecule has 3 rings (SSSR count). The lowest BCUT2D eigenvalue weighted by Gasteiger charge is -2.36. The molecule has 0 bridgehead atoms. The van der Waals surface area contributed by atoms with Crippen LogP contribution in [0.2, 0.25) is 5.02 Å². The number of aromatic nitrogens is 2. The lowest BCUT2D eigenvalue weighted by Crippen LogP contribution is -2.49. The predicted molar refractivity (Wildman–Crippen MR) is 108 cm³/mol. The lowest BCUT2D eigenvalue weighted by molar-refractivity contribution is -0.137. The van der Waals surface area contributed by atoms with Crippen molar-refractivity contribution in [3.8, 4) is 0 Å². The average molecular weight is 481 g/mol. The van der Waals surface area contributed by atoms with Crippen LogP contribution in [0.1, 0.15) is 50.0 Å². The standard InChI is InChI=1S/C19H24ClF3N4O3S/c1-3-4-5-17-24-18(30-25-17)13(2)26-8-10-27(11-9-26)31(28,29)14-6-7-16(20)15(12-14)19(21,22)23/h6-7,12-13H,3-5,8-11H2,1-2H3. The zero-order valence-corrected chi connectivity index (χ0v) is 18.8. The first-order valence-corrected chi connectivity index (χ1v) is 11.8. The fourth-order valence-corrected chi connectivity index (χ4v) is 5.07. The molecule has 0 aliphatic carbocycles. The van der Waals surface area contributed by atoms with Gasteiger partial charge in [0.25, 0.3) is 0 Å². The van der Waals surface area contributed by atoms with Gasteiger partial charge in [0.05, 0.1) is 21.5 Å². The number of rotatable bonds is 7. The number of piperazine rings is 1. The average Bonchev–Trinajstić information content (AvgIpc) is 3.20. The summed E-state index contributed by atoms with van der Waals surface area (Å²) in [6, 6.07) is 2.45. The van der Waals surface area contributed by atoms with E-state index in [-0.39, 0.29) is 19.1 Å². The topological polar surface area (TPSA) is 79.5 Å². The van der Waals surface area contributed by atoms with Crippen LogP contribution in [-0.4, -0.2) is 53.9 Å². The molecule has 0 spiro atoms. The highest BCUT2D eigenvalue weighted by molar-refractivity contribution is 7.89. The van der Waals surface area contributed by atoms with Crippen LogP contribution in [0.5, 0.6) is 0 Å². The Labute approximate surface area is 184 Å². The Morgan fingerprint density at radius 2 is 1.90 bits per heavy atom. The first-order chi connectivity index (χ1) is 14.5. The van der Waals surface area contributed by atoms with Crippen molar-refractivity contribution < 1.29 is 26.1 Å². The fraction of sp³-hybridized carbons (Fsp3) is 0.579. The number of benzene rings is 1. The second-order valence-electron chi connectivity index (χ2n) is 7.41. The van der Waals surface area contributed by atoms with Gasteiger partial charge in [-0.2, -0.15) is 22.5 Å². The van der Waals surface area contributed by atoms with Crippen molar-refractivity contribution in [2.75, 3.05) is 26.2 Å². The number of aryl methyl sites for hydroxylation is 1. The van der Waals surface area contributed by atoms with E-state index in [1.165, 1.54) is 4.31 Å². The third kappa shape index (κ3) is 5.39. The van der Waals surface area contributed by atoms with Crippen LogP contribution in [0.3, 0.4) is 0 Å². The summed E-state index contributed by atoms with van der Waals surface area (Å²) in [4.78, 5) is 5.99. The number of alkyl halides is 3. The van der Waals surface area contributed by atoms with Gasteiger partial charge in [0.2, 0.25) is 15.9 Å². The van der Waals surface area contributed by atoms with Crippen LogP contribution < -0.4 is 0 Å². The first kappa shape index (κ1) is 24.0. The van der Waals surface area contributed by atoms with E-state index in [0.29, 0.717) is 30.9 Å². The molecule has 12 heteroatoms. The summed E-state index contributed by atoms with van der Waals surface area (Å²) in [7, 11) is -4.08. The molecule has 0 amide bonds. The van der Waals surface area contributed by atoms with E-state index in [9.17, 15) is 21.6 Å². The van der Waals surface area contributed by atoms with Gasteiger partial charge in [-0.05, 0) is 31.5 Å². The number of hydrogen-bond donors (Lipinski definition) is 0. The molecule has 7 nitrogen and oxygen atoms in total. The molecule has 31 heavy (non-hydrogen) atoms. The zero-order valence-electron chi connectivity index (χ0n) is 17.2. The molecule has 1 aliphatic rings. The molecule has 1 aromatic carbocycles. The van der Waals surface area contributed by atoms with Gasteiger partial charge in [-0.15, -0.1) is 0 Å². The van der Waals surface area contributed by atoms with Gasteiger partial charge in [0.15, 0.2) is 5.82 Å². The Bertz CT molecular complexity index is 1010. The van der Waals surface area contributed by atoms with Gasteiger partial charge in [0, 0.05) is 32.6 Å². The fourth-order valence-electron chi connectivity index (χ4n) is 3.39. The summed E-state index contributed by atoms with van der Waals surface area (Å²) < 4.78 is 71.6. The maximum Gasteiger partial charge on any atom is 0.417 e. The summed E-state index contributed by atoms with van der Waals surface area (Å²) in [5, 5.41) is 3.44. The smallest absolute Gasteiger partial charge is 0.338 e. The van der Waals surface area contributed by atoms with E-state index in [0.717, 1.165) is 31.4 Å². The molecule has 1 unspecified atom stereocenters. The van der Waals surface area contributed by atoms with E-state index in [1.807, 2.05) is 11.8 Å². The van der Waals surface area contributed by atoms with E-state index >= 15 is 0 Å². The van der Waals surface area contributed by atoms with Crippen LogP contribution in [0.4, 0.5) is 13.2 Å². The molecule has 0 radical (unpaired) electrons. The Morgan fingerprint density at radius 3 is 2.52 bits per heavy atom. The van der Waals surface area contributed by atoms with Crippen molar-refractivity contribution in [1.29, 1.82) is 0 Å². The highest BCUT2D eigenvalue weighted by atomic mass is 35.5. The third-order valence-corrected chi connectivity index (χ3v) is 7.52. The highest BCUT2D eigenvalue weighted by Crippen LogP contribution is 2.36. The van der Waals surface area contributed by atoms with Crippen molar-refractivity contribution in [2.24, 2.45) is 0 Å². The summed E-state index contributed by atoms with van der Waals surface area (Å²) >= 11 is 5.60. The third-order valence-electron chi connectivity index (χ3n) is 5.30. The molecular weight excluding hydrogens is 457 g/mol. The van der Waals surface area contributed by atoms with Crippen LogP contribution in [-0.2, 0) is 22.6 Å². The van der Waals surface area contributed by atoms with E-state index < -0.39 is 31.7 Å². The molecule has 0 N–H and O–H groups in total. The van der Waals surface area contributed by atoms with Crippen molar-refractivity contribution in [3.63, 3.8) is 0 Å². The second kappa shape index (κ2) is 9.43. The predicted octanol–water partition coefficient (Wildman–Crippen LogP) is 4.15. The molecule has 1 fully saturated rings. The Balaban J connectivity index is 1.68. The van der Waals surface area contributed by atoms with Gasteiger partial charge >= 0.3 is 6.18 Å². The number of nitrogens with zero attached hydrogens (tertiary/aromatic N) is 4. The van der Waals surface area contributed by atoms with Crippen LogP contribution >= 0.6 is 11.6 Å². The van der Waals surface area contributed by atoms with Crippen molar-refractivity contribution >= 4 is 21.6 Å². The van der Waals surface area contributed by atoms with Gasteiger partial charge in [-0.25, -0.2) is 8.42 Å². The molecule has 1 aromatic heterocycles. The monoisotopic (exact) mass is 480 g/mol. The van der Waals surface area contributed by atoms with Gasteiger partial charge in [-0.1, -0.05) is 30.1 Å². The van der Waals surface area contributed by atoms with Crippen LogP contribution in [0.25, 0.3) is 0 Å². The molecule has 1 atom stereocenters. The van der Waals surface area contributed by atoms with Crippen LogP contribution in [0, 0.1) is 0 Å². The molecule has 0 saturated carbocycles. The minimum atomic E-state index is -4.74. The summed E-state index contributed by atoms with van der Waals surface area (Å²) in [5.74, 6) is 1.11. The van der Waals surface area contributed by atoms with Gasteiger partial charge < -0.3 is 4.52 Å².